The molecule has 5 heteroatoms. The van der Waals surface area contributed by atoms with Gasteiger partial charge < -0.3 is 10.6 Å². The molecule has 3 nitrogen and oxygen atoms in total. The van der Waals surface area contributed by atoms with Crippen molar-refractivity contribution in [2.24, 2.45) is 5.92 Å². The van der Waals surface area contributed by atoms with Crippen LogP contribution in [0.2, 0.25) is 0 Å². The van der Waals surface area contributed by atoms with Gasteiger partial charge in [0, 0.05) is 19.2 Å². The average molecular weight is 257 g/mol. The number of aromatic nitrogens is 1. The van der Waals surface area contributed by atoms with E-state index < -0.39 is 11.6 Å². The monoisotopic (exact) mass is 257 g/mol. The first-order valence-electron chi connectivity index (χ1n) is 6.38. The van der Waals surface area contributed by atoms with Crippen molar-refractivity contribution < 1.29 is 8.78 Å². The average Bonchev–Trinajstić information content (AvgIpc) is 2.30. The van der Waals surface area contributed by atoms with Crippen LogP contribution < -0.4 is 10.6 Å². The lowest BCUT2D eigenvalue weighted by Crippen LogP contribution is -2.11. The van der Waals surface area contributed by atoms with Crippen LogP contribution in [0.3, 0.4) is 0 Å². The standard InChI is InChI=1S/C13H21F2N3/c1-4-6-16-12-10(14)8-11(15)13(18-12)17-7-5-9(2)3/h8-9H,4-7H2,1-3H3,(H2,16,17,18). The molecule has 0 spiro atoms. The Morgan fingerprint density at radius 2 is 1.67 bits per heavy atom. The molecule has 0 bridgehead atoms. The molecular formula is C13H21F2N3. The Bertz CT molecular complexity index is 381. The van der Waals surface area contributed by atoms with Gasteiger partial charge in [0.15, 0.2) is 23.3 Å². The Hall–Kier alpha value is -1.39. The summed E-state index contributed by atoms with van der Waals surface area (Å²) >= 11 is 0. The first-order valence-corrected chi connectivity index (χ1v) is 6.38. The number of pyridine rings is 1. The van der Waals surface area contributed by atoms with Crippen LogP contribution in [0.5, 0.6) is 0 Å². The fourth-order valence-corrected chi connectivity index (χ4v) is 1.44. The number of rotatable bonds is 7. The van der Waals surface area contributed by atoms with Gasteiger partial charge in [-0.05, 0) is 18.8 Å². The molecule has 1 heterocycles. The first kappa shape index (κ1) is 14.7. The second kappa shape index (κ2) is 7.13. The van der Waals surface area contributed by atoms with E-state index in [1.165, 1.54) is 0 Å². The van der Waals surface area contributed by atoms with Gasteiger partial charge in [-0.1, -0.05) is 20.8 Å². The minimum atomic E-state index is -0.657. The number of nitrogens with one attached hydrogen (secondary N) is 2. The fraction of sp³-hybridized carbons (Fsp3) is 0.615. The van der Waals surface area contributed by atoms with E-state index in [0.717, 1.165) is 18.9 Å². The molecule has 0 radical (unpaired) electrons. The highest BCUT2D eigenvalue weighted by Gasteiger charge is 2.11. The number of halogens is 2. The van der Waals surface area contributed by atoms with Crippen molar-refractivity contribution in [1.82, 2.24) is 4.98 Å². The van der Waals surface area contributed by atoms with E-state index in [1.807, 2.05) is 6.92 Å². The zero-order valence-corrected chi connectivity index (χ0v) is 11.2. The first-order chi connectivity index (χ1) is 8.54. The van der Waals surface area contributed by atoms with Crippen LogP contribution in [0.1, 0.15) is 33.6 Å². The van der Waals surface area contributed by atoms with Crippen LogP contribution in [0.15, 0.2) is 6.07 Å². The zero-order valence-electron chi connectivity index (χ0n) is 11.2. The highest BCUT2D eigenvalue weighted by Crippen LogP contribution is 2.19. The number of anilines is 2. The minimum absolute atomic E-state index is 0.102. The van der Waals surface area contributed by atoms with Crippen molar-refractivity contribution in [2.45, 2.75) is 33.6 Å². The quantitative estimate of drug-likeness (QED) is 0.783. The third-order valence-corrected chi connectivity index (χ3v) is 2.49. The third kappa shape index (κ3) is 4.47. The van der Waals surface area contributed by atoms with Gasteiger partial charge in [0.25, 0.3) is 0 Å². The van der Waals surface area contributed by atoms with E-state index in [9.17, 15) is 8.78 Å². The smallest absolute Gasteiger partial charge is 0.168 e. The molecule has 2 N–H and O–H groups in total. The molecular weight excluding hydrogens is 236 g/mol. The molecule has 0 aliphatic carbocycles. The van der Waals surface area contributed by atoms with Crippen molar-refractivity contribution in [3.05, 3.63) is 17.7 Å². The molecule has 102 valence electrons. The van der Waals surface area contributed by atoms with Crippen molar-refractivity contribution in [3.8, 4) is 0 Å². The van der Waals surface area contributed by atoms with E-state index in [4.69, 9.17) is 0 Å². The Balaban J connectivity index is 2.71. The van der Waals surface area contributed by atoms with E-state index >= 15 is 0 Å². The largest absolute Gasteiger partial charge is 0.368 e. The van der Waals surface area contributed by atoms with Crippen LogP contribution in [-0.2, 0) is 0 Å². The molecule has 0 atom stereocenters. The van der Waals surface area contributed by atoms with Gasteiger partial charge in [0.1, 0.15) is 0 Å². The molecule has 1 aromatic heterocycles. The second-order valence-electron chi connectivity index (χ2n) is 4.69. The normalized spacial score (nSPS) is 10.8. The fourth-order valence-electron chi connectivity index (χ4n) is 1.44. The molecule has 1 rings (SSSR count). The van der Waals surface area contributed by atoms with Crippen molar-refractivity contribution in [1.29, 1.82) is 0 Å². The lowest BCUT2D eigenvalue weighted by Gasteiger charge is -2.11. The van der Waals surface area contributed by atoms with Gasteiger partial charge >= 0.3 is 0 Å². The molecule has 0 saturated carbocycles. The lowest BCUT2D eigenvalue weighted by atomic mass is 10.1. The molecule has 0 aromatic carbocycles. The van der Waals surface area contributed by atoms with Crippen molar-refractivity contribution in [2.75, 3.05) is 23.7 Å². The predicted octanol–water partition coefficient (Wildman–Crippen LogP) is 3.64. The van der Waals surface area contributed by atoms with Crippen molar-refractivity contribution in [3.63, 3.8) is 0 Å². The zero-order chi connectivity index (χ0) is 13.5. The summed E-state index contributed by atoms with van der Waals surface area (Å²) in [7, 11) is 0. The van der Waals surface area contributed by atoms with Gasteiger partial charge in [-0.25, -0.2) is 13.8 Å². The SMILES string of the molecule is CCCNc1nc(NCCC(C)C)c(F)cc1F. The van der Waals surface area contributed by atoms with E-state index in [1.54, 1.807) is 0 Å². The second-order valence-corrected chi connectivity index (χ2v) is 4.69. The maximum Gasteiger partial charge on any atom is 0.168 e. The molecule has 0 aliphatic heterocycles. The summed E-state index contributed by atoms with van der Waals surface area (Å²) in [5.74, 6) is -0.576. The molecule has 0 saturated heterocycles. The van der Waals surface area contributed by atoms with Gasteiger partial charge in [-0.3, -0.25) is 0 Å². The number of nitrogens with zero attached hydrogens (tertiary/aromatic N) is 1. The van der Waals surface area contributed by atoms with Crippen LogP contribution in [-0.4, -0.2) is 18.1 Å². The Morgan fingerprint density at radius 3 is 2.17 bits per heavy atom. The number of hydrogen-bond acceptors (Lipinski definition) is 3. The summed E-state index contributed by atoms with van der Waals surface area (Å²) in [5.41, 5.74) is 0. The Labute approximate surface area is 107 Å². The van der Waals surface area contributed by atoms with Crippen molar-refractivity contribution >= 4 is 11.6 Å². The molecule has 0 fully saturated rings. The molecule has 0 aliphatic rings. The molecule has 1 aromatic rings. The van der Waals surface area contributed by atoms with Crippen LogP contribution in [0, 0.1) is 17.6 Å². The molecule has 0 unspecified atom stereocenters. The van der Waals surface area contributed by atoms with E-state index in [2.05, 4.69) is 29.5 Å². The van der Waals surface area contributed by atoms with E-state index in [-0.39, 0.29) is 11.6 Å². The van der Waals surface area contributed by atoms with E-state index in [0.29, 0.717) is 19.0 Å². The summed E-state index contributed by atoms with van der Waals surface area (Å²) in [5, 5.41) is 5.73. The maximum atomic E-state index is 13.5. The van der Waals surface area contributed by atoms with Crippen LogP contribution >= 0.6 is 0 Å². The van der Waals surface area contributed by atoms with Gasteiger partial charge in [0.05, 0.1) is 0 Å². The summed E-state index contributed by atoms with van der Waals surface area (Å²) in [6.07, 6.45) is 1.77. The molecule has 0 amide bonds. The summed E-state index contributed by atoms with van der Waals surface area (Å²) in [6.45, 7) is 7.38. The Morgan fingerprint density at radius 1 is 1.11 bits per heavy atom. The Kier molecular flexibility index (Phi) is 5.82. The minimum Gasteiger partial charge on any atom is -0.368 e. The summed E-state index contributed by atoms with van der Waals surface area (Å²) in [4.78, 5) is 3.93. The third-order valence-electron chi connectivity index (χ3n) is 2.49. The lowest BCUT2D eigenvalue weighted by molar-refractivity contribution is 0.572. The molecule has 18 heavy (non-hydrogen) atoms. The highest BCUT2D eigenvalue weighted by molar-refractivity contribution is 5.47. The predicted molar refractivity (Wildman–Crippen MR) is 70.9 cm³/mol. The topological polar surface area (TPSA) is 37.0 Å². The van der Waals surface area contributed by atoms with Gasteiger partial charge in [0.2, 0.25) is 0 Å². The highest BCUT2D eigenvalue weighted by atomic mass is 19.1. The summed E-state index contributed by atoms with van der Waals surface area (Å²) in [6, 6.07) is 0.864. The van der Waals surface area contributed by atoms with Crippen LogP contribution in [0.4, 0.5) is 20.4 Å². The van der Waals surface area contributed by atoms with Gasteiger partial charge in [-0.15, -0.1) is 0 Å². The van der Waals surface area contributed by atoms with Crippen LogP contribution in [0.25, 0.3) is 0 Å². The maximum absolute atomic E-state index is 13.5. The number of hydrogen-bond donors (Lipinski definition) is 2. The summed E-state index contributed by atoms with van der Waals surface area (Å²) < 4.78 is 26.9. The van der Waals surface area contributed by atoms with Gasteiger partial charge in [-0.2, -0.15) is 0 Å².